The zero-order valence-electron chi connectivity index (χ0n) is 13.3. The van der Waals surface area contributed by atoms with Crippen LogP contribution in [0.3, 0.4) is 0 Å². The lowest BCUT2D eigenvalue weighted by atomic mass is 10.00. The monoisotopic (exact) mass is 306 g/mol. The minimum Gasteiger partial charge on any atom is -0.356 e. The summed E-state index contributed by atoms with van der Waals surface area (Å²) in [6, 6.07) is 16.9. The molecule has 0 fully saturated rings. The summed E-state index contributed by atoms with van der Waals surface area (Å²) >= 11 is 0. The Bertz CT molecular complexity index is 760. The Balaban J connectivity index is 1.26. The zero-order valence-corrected chi connectivity index (χ0v) is 13.3. The molecule has 0 unspecified atom stereocenters. The van der Waals surface area contributed by atoms with Crippen molar-refractivity contribution in [2.45, 2.75) is 19.4 Å². The lowest BCUT2D eigenvalue weighted by Gasteiger charge is -2.28. The molecule has 0 saturated carbocycles. The lowest BCUT2D eigenvalue weighted by Crippen LogP contribution is -2.32. The smallest absolute Gasteiger partial charge is 0.201 e. The van der Waals surface area contributed by atoms with Gasteiger partial charge < -0.3 is 10.3 Å². The molecule has 0 radical (unpaired) electrons. The number of H-pyrrole nitrogens is 1. The van der Waals surface area contributed by atoms with E-state index >= 15 is 0 Å². The Morgan fingerprint density at radius 1 is 1.04 bits per heavy atom. The van der Waals surface area contributed by atoms with Crippen LogP contribution in [0, 0.1) is 0 Å². The van der Waals surface area contributed by atoms with E-state index in [0.717, 1.165) is 43.0 Å². The first-order valence-electron chi connectivity index (χ1n) is 8.36. The number of nitrogens with one attached hydrogen (secondary N) is 2. The van der Waals surface area contributed by atoms with Crippen LogP contribution < -0.4 is 5.32 Å². The van der Waals surface area contributed by atoms with Gasteiger partial charge in [-0.3, -0.25) is 4.90 Å². The maximum absolute atomic E-state index is 4.55. The molecule has 1 aliphatic rings. The summed E-state index contributed by atoms with van der Waals surface area (Å²) in [5, 5.41) is 3.40. The average molecular weight is 306 g/mol. The Labute approximate surface area is 136 Å². The molecule has 0 saturated heterocycles. The van der Waals surface area contributed by atoms with Crippen LogP contribution in [0.25, 0.3) is 11.0 Å². The average Bonchev–Trinajstić information content (AvgIpc) is 3.01. The number of hydrogen-bond acceptors (Lipinski definition) is 3. The van der Waals surface area contributed by atoms with Crippen molar-refractivity contribution in [2.75, 3.05) is 25.0 Å². The number of rotatable bonds is 5. The Morgan fingerprint density at radius 3 is 2.78 bits per heavy atom. The van der Waals surface area contributed by atoms with Crippen LogP contribution in [0.5, 0.6) is 0 Å². The first-order valence-corrected chi connectivity index (χ1v) is 8.36. The molecule has 2 aromatic carbocycles. The number of nitrogens with zero attached hydrogens (tertiary/aromatic N) is 2. The van der Waals surface area contributed by atoms with E-state index in [1.807, 2.05) is 18.2 Å². The molecule has 0 bridgehead atoms. The Hall–Kier alpha value is -2.33. The fourth-order valence-electron chi connectivity index (χ4n) is 3.29. The summed E-state index contributed by atoms with van der Waals surface area (Å²) < 4.78 is 0. The molecule has 3 aromatic rings. The summed E-state index contributed by atoms with van der Waals surface area (Å²) in [5.41, 5.74) is 5.11. The van der Waals surface area contributed by atoms with Crippen molar-refractivity contribution in [3.63, 3.8) is 0 Å². The maximum atomic E-state index is 4.55. The van der Waals surface area contributed by atoms with Gasteiger partial charge in [-0.1, -0.05) is 36.4 Å². The SMILES string of the molecule is c1ccc2c(c1)CCN(CCCNc1nc3ccccc3[nH]1)C2. The molecule has 2 N–H and O–H groups in total. The predicted molar refractivity (Wildman–Crippen MR) is 94.6 cm³/mol. The summed E-state index contributed by atoms with van der Waals surface area (Å²) in [4.78, 5) is 10.4. The molecule has 0 atom stereocenters. The molecular formula is C19H22N4. The second-order valence-corrected chi connectivity index (χ2v) is 6.18. The second kappa shape index (κ2) is 6.42. The highest BCUT2D eigenvalue weighted by molar-refractivity contribution is 5.77. The van der Waals surface area contributed by atoms with Gasteiger partial charge >= 0.3 is 0 Å². The molecule has 4 nitrogen and oxygen atoms in total. The highest BCUT2D eigenvalue weighted by Gasteiger charge is 2.14. The summed E-state index contributed by atoms with van der Waals surface area (Å²) in [5.74, 6) is 0.871. The van der Waals surface area contributed by atoms with E-state index < -0.39 is 0 Å². The van der Waals surface area contributed by atoms with Gasteiger partial charge in [0.2, 0.25) is 5.95 Å². The minimum absolute atomic E-state index is 0.871. The van der Waals surface area contributed by atoms with E-state index in [2.05, 4.69) is 50.5 Å². The lowest BCUT2D eigenvalue weighted by molar-refractivity contribution is 0.253. The topological polar surface area (TPSA) is 44.0 Å². The van der Waals surface area contributed by atoms with Gasteiger partial charge in [0.1, 0.15) is 0 Å². The number of imidazole rings is 1. The fraction of sp³-hybridized carbons (Fsp3) is 0.316. The Kier molecular flexibility index (Phi) is 3.99. The third-order valence-electron chi connectivity index (χ3n) is 4.54. The Morgan fingerprint density at radius 2 is 1.87 bits per heavy atom. The van der Waals surface area contributed by atoms with Crippen molar-refractivity contribution >= 4 is 17.0 Å². The van der Waals surface area contributed by atoms with Gasteiger partial charge in [0.05, 0.1) is 11.0 Å². The van der Waals surface area contributed by atoms with E-state index in [9.17, 15) is 0 Å². The van der Waals surface area contributed by atoms with Gasteiger partial charge in [0.15, 0.2) is 0 Å². The van der Waals surface area contributed by atoms with Gasteiger partial charge in [-0.25, -0.2) is 4.98 Å². The van der Waals surface area contributed by atoms with Crippen LogP contribution in [0.2, 0.25) is 0 Å². The molecule has 4 rings (SSSR count). The number of hydrogen-bond donors (Lipinski definition) is 2. The molecule has 0 aliphatic carbocycles. The molecule has 23 heavy (non-hydrogen) atoms. The first kappa shape index (κ1) is 14.3. The predicted octanol–water partition coefficient (Wildman–Crippen LogP) is 3.42. The van der Waals surface area contributed by atoms with Crippen LogP contribution in [0.1, 0.15) is 17.5 Å². The number of fused-ring (bicyclic) bond motifs is 2. The second-order valence-electron chi connectivity index (χ2n) is 6.18. The zero-order chi connectivity index (χ0) is 15.5. The van der Waals surface area contributed by atoms with Crippen LogP contribution in [-0.4, -0.2) is 34.5 Å². The van der Waals surface area contributed by atoms with Gasteiger partial charge in [0.25, 0.3) is 0 Å². The first-order chi connectivity index (χ1) is 11.4. The van der Waals surface area contributed by atoms with E-state index in [4.69, 9.17) is 0 Å². The van der Waals surface area contributed by atoms with E-state index in [1.165, 1.54) is 24.1 Å². The number of para-hydroxylation sites is 2. The number of aromatic nitrogens is 2. The molecule has 4 heteroatoms. The third kappa shape index (κ3) is 3.22. The molecular weight excluding hydrogens is 284 g/mol. The fourth-order valence-corrected chi connectivity index (χ4v) is 3.29. The highest BCUT2D eigenvalue weighted by Crippen LogP contribution is 2.18. The standard InChI is InChI=1S/C19H22N4/c1-2-7-16-14-23(13-10-15(16)6-1)12-5-11-20-19-21-17-8-3-4-9-18(17)22-19/h1-4,6-9H,5,10-14H2,(H2,20,21,22). The van der Waals surface area contributed by atoms with Gasteiger partial charge in [-0.2, -0.15) is 0 Å². The summed E-state index contributed by atoms with van der Waals surface area (Å²) in [6.07, 6.45) is 2.30. The van der Waals surface area contributed by atoms with Crippen LogP contribution in [0.15, 0.2) is 48.5 Å². The van der Waals surface area contributed by atoms with Gasteiger partial charge in [-0.05, 0) is 36.1 Å². The third-order valence-corrected chi connectivity index (χ3v) is 4.54. The molecule has 0 spiro atoms. The van der Waals surface area contributed by atoms with E-state index in [0.29, 0.717) is 0 Å². The minimum atomic E-state index is 0.871. The van der Waals surface area contributed by atoms with Gasteiger partial charge in [-0.15, -0.1) is 0 Å². The quantitative estimate of drug-likeness (QED) is 0.710. The van der Waals surface area contributed by atoms with Crippen LogP contribution >= 0.6 is 0 Å². The molecule has 1 aliphatic heterocycles. The van der Waals surface area contributed by atoms with E-state index in [-0.39, 0.29) is 0 Å². The number of benzene rings is 2. The molecule has 118 valence electrons. The van der Waals surface area contributed by atoms with Gasteiger partial charge in [0, 0.05) is 26.2 Å². The largest absolute Gasteiger partial charge is 0.356 e. The van der Waals surface area contributed by atoms with Crippen LogP contribution in [0.4, 0.5) is 5.95 Å². The number of anilines is 1. The van der Waals surface area contributed by atoms with Crippen molar-refractivity contribution in [1.82, 2.24) is 14.9 Å². The van der Waals surface area contributed by atoms with Crippen LogP contribution in [-0.2, 0) is 13.0 Å². The van der Waals surface area contributed by atoms with E-state index in [1.54, 1.807) is 0 Å². The van der Waals surface area contributed by atoms with Crippen molar-refractivity contribution in [1.29, 1.82) is 0 Å². The normalized spacial score (nSPS) is 14.8. The summed E-state index contributed by atoms with van der Waals surface area (Å²) in [6.45, 7) is 4.32. The van der Waals surface area contributed by atoms with Crippen molar-refractivity contribution < 1.29 is 0 Å². The van der Waals surface area contributed by atoms with Crippen molar-refractivity contribution in [2.24, 2.45) is 0 Å². The molecule has 0 amide bonds. The van der Waals surface area contributed by atoms with Crippen molar-refractivity contribution in [3.8, 4) is 0 Å². The summed E-state index contributed by atoms with van der Waals surface area (Å²) in [7, 11) is 0. The van der Waals surface area contributed by atoms with Crippen molar-refractivity contribution in [3.05, 3.63) is 59.7 Å². The number of aromatic amines is 1. The maximum Gasteiger partial charge on any atom is 0.201 e. The molecule has 2 heterocycles. The molecule has 1 aromatic heterocycles. The highest BCUT2D eigenvalue weighted by atomic mass is 15.1.